The topological polar surface area (TPSA) is 125 Å². The fourth-order valence-corrected chi connectivity index (χ4v) is 2.35. The molecule has 11 heteroatoms. The molecule has 0 radical (unpaired) electrons. The molecule has 0 fully saturated rings. The fraction of sp³-hybridized carbons (Fsp3) is 0.600. The van der Waals surface area contributed by atoms with Crippen molar-refractivity contribution in [3.8, 4) is 35.5 Å². The van der Waals surface area contributed by atoms with E-state index >= 15 is 0 Å². The molecule has 0 aliphatic rings. The van der Waals surface area contributed by atoms with Crippen LogP contribution < -0.4 is 68.9 Å². The molecular formula is C20H25Na2O8P. The minimum Gasteiger partial charge on any atom is -0.790 e. The number of phosphoric ester groups is 1. The molecule has 0 rings (SSSR count). The summed E-state index contributed by atoms with van der Waals surface area (Å²) in [5.41, 5.74) is 0. The average Bonchev–Trinajstić information content (AvgIpc) is 2.65. The second-order valence-electron chi connectivity index (χ2n) is 5.85. The number of esters is 2. The Hall–Kier alpha value is -0.270. The first kappa shape index (κ1) is 35.3. The Morgan fingerprint density at radius 3 is 2.16 bits per heavy atom. The average molecular weight is 470 g/mol. The van der Waals surface area contributed by atoms with Crippen LogP contribution in [0.5, 0.6) is 0 Å². The van der Waals surface area contributed by atoms with Crippen molar-refractivity contribution >= 4 is 19.8 Å². The monoisotopic (exact) mass is 470 g/mol. The third-order valence-electron chi connectivity index (χ3n) is 3.33. The van der Waals surface area contributed by atoms with Crippen LogP contribution in [0.3, 0.4) is 0 Å². The van der Waals surface area contributed by atoms with Gasteiger partial charge in [-0.3, -0.25) is 4.79 Å². The van der Waals surface area contributed by atoms with Gasteiger partial charge in [-0.15, -0.1) is 0 Å². The van der Waals surface area contributed by atoms with Crippen molar-refractivity contribution in [2.75, 3.05) is 13.2 Å². The summed E-state index contributed by atoms with van der Waals surface area (Å²) in [6, 6.07) is 0. The van der Waals surface area contributed by atoms with Crippen LogP contribution in [0.15, 0.2) is 0 Å². The van der Waals surface area contributed by atoms with E-state index in [1.165, 1.54) is 0 Å². The Kier molecular flexibility index (Phi) is 26.1. The van der Waals surface area contributed by atoms with Gasteiger partial charge in [0, 0.05) is 12.3 Å². The number of ether oxygens (including phenoxy) is 2. The number of unbranched alkanes of at least 4 members (excludes halogenated alkanes) is 5. The van der Waals surface area contributed by atoms with Crippen LogP contribution in [-0.2, 0) is 28.2 Å². The molecule has 0 aromatic heterocycles. The minimum absolute atomic E-state index is 0. The number of hydrogen-bond acceptors (Lipinski definition) is 8. The normalized spacial score (nSPS) is 10.2. The van der Waals surface area contributed by atoms with E-state index < -0.39 is 39.1 Å². The van der Waals surface area contributed by atoms with E-state index in [0.29, 0.717) is 6.42 Å². The van der Waals surface area contributed by atoms with Crippen molar-refractivity contribution in [3.05, 3.63) is 0 Å². The summed E-state index contributed by atoms with van der Waals surface area (Å²) in [4.78, 5) is 44.7. The molecular weight excluding hydrogens is 445 g/mol. The summed E-state index contributed by atoms with van der Waals surface area (Å²) in [5, 5.41) is 0. The molecule has 0 aliphatic heterocycles. The molecule has 0 unspecified atom stereocenters. The molecule has 31 heavy (non-hydrogen) atoms. The van der Waals surface area contributed by atoms with Crippen molar-refractivity contribution in [2.24, 2.45) is 0 Å². The zero-order valence-corrected chi connectivity index (χ0v) is 23.5. The van der Waals surface area contributed by atoms with E-state index in [0.717, 1.165) is 32.1 Å². The van der Waals surface area contributed by atoms with Crippen LogP contribution in [-0.4, -0.2) is 31.3 Å². The molecule has 0 aromatic carbocycles. The van der Waals surface area contributed by atoms with E-state index in [1.54, 1.807) is 6.92 Å². The molecule has 8 nitrogen and oxygen atoms in total. The van der Waals surface area contributed by atoms with Crippen molar-refractivity contribution in [1.82, 2.24) is 0 Å². The van der Waals surface area contributed by atoms with E-state index in [9.17, 15) is 23.9 Å². The van der Waals surface area contributed by atoms with Gasteiger partial charge in [0.05, 0.1) is 14.4 Å². The Morgan fingerprint density at radius 1 is 0.935 bits per heavy atom. The Bertz CT molecular complexity index is 746. The van der Waals surface area contributed by atoms with Crippen LogP contribution in [0.4, 0.5) is 0 Å². The van der Waals surface area contributed by atoms with Crippen LogP contribution >= 0.6 is 7.82 Å². The first-order valence-electron chi connectivity index (χ1n) is 9.24. The number of phosphoric acid groups is 1. The fourth-order valence-electron chi connectivity index (χ4n) is 2.00. The van der Waals surface area contributed by atoms with Crippen molar-refractivity contribution in [2.45, 2.75) is 64.9 Å². The SMILES string of the molecule is CC#CC#CC#CC(=O)OC[C@@H](COP(=O)([O-])[O-])OC(=O)CCCCCCCC.[Na+].[Na+]. The van der Waals surface area contributed by atoms with Crippen molar-refractivity contribution < 1.29 is 97.1 Å². The maximum atomic E-state index is 11.9. The second-order valence-corrected chi connectivity index (χ2v) is 7.00. The van der Waals surface area contributed by atoms with Gasteiger partial charge >= 0.3 is 71.1 Å². The minimum atomic E-state index is -5.27. The van der Waals surface area contributed by atoms with Crippen LogP contribution in [0.1, 0.15) is 58.8 Å². The first-order valence-corrected chi connectivity index (χ1v) is 10.7. The van der Waals surface area contributed by atoms with E-state index in [2.05, 4.69) is 47.0 Å². The third kappa shape index (κ3) is 25.9. The summed E-state index contributed by atoms with van der Waals surface area (Å²) in [6.45, 7) is 2.43. The van der Waals surface area contributed by atoms with Gasteiger partial charge in [-0.2, -0.15) is 0 Å². The number of carbonyl (C=O) groups is 2. The number of hydrogen-bond donors (Lipinski definition) is 0. The first-order chi connectivity index (χ1) is 13.8. The molecule has 0 saturated carbocycles. The van der Waals surface area contributed by atoms with Crippen LogP contribution in [0.25, 0.3) is 0 Å². The molecule has 0 amide bonds. The molecule has 0 bridgehead atoms. The van der Waals surface area contributed by atoms with Gasteiger partial charge in [0.2, 0.25) is 0 Å². The summed E-state index contributed by atoms with van der Waals surface area (Å²) >= 11 is 0. The van der Waals surface area contributed by atoms with Gasteiger partial charge < -0.3 is 28.3 Å². The van der Waals surface area contributed by atoms with Gasteiger partial charge in [0.15, 0.2) is 6.10 Å². The van der Waals surface area contributed by atoms with Gasteiger partial charge in [0.1, 0.15) is 6.61 Å². The molecule has 0 spiro atoms. The standard InChI is InChI=1S/C20H27O8P.2Na/c1-3-5-7-9-11-13-15-20(22)28-18(17-27-29(23,24)25)16-26-19(21)14-12-10-8-6-4-2;;/h18H,3,5,7,9,11,13,15-17H2,1-2H3,(H2,23,24,25);;/q;2*+1/p-2/t18-;;/m0../s1. The Labute approximate surface area is 228 Å². The summed E-state index contributed by atoms with van der Waals surface area (Å²) in [7, 11) is -5.27. The molecule has 1 atom stereocenters. The van der Waals surface area contributed by atoms with Gasteiger partial charge in [-0.1, -0.05) is 44.9 Å². The quantitative estimate of drug-likeness (QED) is 0.0655. The molecule has 0 aromatic rings. The number of rotatable bonds is 13. The largest absolute Gasteiger partial charge is 1.00 e. The molecule has 0 heterocycles. The van der Waals surface area contributed by atoms with Gasteiger partial charge in [-0.25, -0.2) is 4.79 Å². The smallest absolute Gasteiger partial charge is 0.790 e. The summed E-state index contributed by atoms with van der Waals surface area (Å²) in [6.07, 6.45) is 4.71. The summed E-state index contributed by atoms with van der Waals surface area (Å²) in [5.74, 6) is 12.4. The van der Waals surface area contributed by atoms with Crippen LogP contribution in [0.2, 0.25) is 0 Å². The maximum Gasteiger partial charge on any atom is 1.00 e. The second kappa shape index (κ2) is 22.9. The van der Waals surface area contributed by atoms with Crippen molar-refractivity contribution in [3.63, 3.8) is 0 Å². The predicted molar refractivity (Wildman–Crippen MR) is 101 cm³/mol. The maximum absolute atomic E-state index is 11.9. The third-order valence-corrected chi connectivity index (χ3v) is 3.79. The zero-order chi connectivity index (χ0) is 22.0. The molecule has 0 N–H and O–H groups in total. The number of carbonyl (C=O) groups excluding carboxylic acids is 2. The van der Waals surface area contributed by atoms with Gasteiger partial charge in [-0.05, 0) is 37.0 Å². The summed E-state index contributed by atoms with van der Waals surface area (Å²) < 4.78 is 24.6. The van der Waals surface area contributed by atoms with Gasteiger partial charge in [0.25, 0.3) is 0 Å². The van der Waals surface area contributed by atoms with Crippen molar-refractivity contribution in [1.29, 1.82) is 0 Å². The Morgan fingerprint density at radius 2 is 1.55 bits per heavy atom. The van der Waals surface area contributed by atoms with E-state index in [1.807, 2.05) is 0 Å². The molecule has 160 valence electrons. The Balaban J connectivity index is -0.00000392. The van der Waals surface area contributed by atoms with E-state index in [4.69, 9.17) is 9.47 Å². The molecule has 0 saturated heterocycles. The van der Waals surface area contributed by atoms with Crippen LogP contribution in [0, 0.1) is 35.5 Å². The molecule has 0 aliphatic carbocycles. The van der Waals surface area contributed by atoms with E-state index in [-0.39, 0.29) is 65.5 Å². The predicted octanol–water partition coefficient (Wildman–Crippen LogP) is -4.92. The zero-order valence-electron chi connectivity index (χ0n) is 18.7.